The van der Waals surface area contributed by atoms with Gasteiger partial charge in [0.1, 0.15) is 6.04 Å². The van der Waals surface area contributed by atoms with Gasteiger partial charge in [-0.3, -0.25) is 9.59 Å². The summed E-state index contributed by atoms with van der Waals surface area (Å²) in [6.45, 7) is 2.61. The Bertz CT molecular complexity index is 695. The first-order valence-electron chi connectivity index (χ1n) is 7.89. The highest BCUT2D eigenvalue weighted by molar-refractivity contribution is 6.01. The lowest BCUT2D eigenvalue weighted by Crippen LogP contribution is -2.43. The summed E-state index contributed by atoms with van der Waals surface area (Å²) in [4.78, 5) is 26.9. The number of hydrogen-bond donors (Lipinski definition) is 1. The molecule has 0 spiro atoms. The molecular formula is C19H20N2O2. The van der Waals surface area contributed by atoms with E-state index in [1.165, 1.54) is 0 Å². The number of anilines is 1. The van der Waals surface area contributed by atoms with E-state index in [1.54, 1.807) is 4.90 Å². The van der Waals surface area contributed by atoms with Crippen molar-refractivity contribution in [3.63, 3.8) is 0 Å². The molecule has 118 valence electrons. The van der Waals surface area contributed by atoms with E-state index in [0.717, 1.165) is 17.7 Å². The number of nitrogens with zero attached hydrogens (tertiary/aromatic N) is 1. The quantitative estimate of drug-likeness (QED) is 0.946. The van der Waals surface area contributed by atoms with Crippen LogP contribution in [-0.4, -0.2) is 29.3 Å². The number of nitrogens with one attached hydrogen (secondary N) is 1. The van der Waals surface area contributed by atoms with E-state index in [-0.39, 0.29) is 11.8 Å². The maximum atomic E-state index is 12.7. The number of likely N-dealkylation sites (tertiary alicyclic amines) is 1. The van der Waals surface area contributed by atoms with Gasteiger partial charge in [-0.05, 0) is 44.0 Å². The fourth-order valence-electron chi connectivity index (χ4n) is 2.89. The molecule has 4 nitrogen and oxygen atoms in total. The van der Waals surface area contributed by atoms with Crippen molar-refractivity contribution < 1.29 is 9.59 Å². The summed E-state index contributed by atoms with van der Waals surface area (Å²) >= 11 is 0. The second-order valence-electron chi connectivity index (χ2n) is 5.88. The Labute approximate surface area is 136 Å². The number of hydrogen-bond acceptors (Lipinski definition) is 2. The van der Waals surface area contributed by atoms with Gasteiger partial charge >= 0.3 is 0 Å². The molecule has 1 aliphatic rings. The molecule has 1 saturated heterocycles. The number of amides is 2. The minimum Gasteiger partial charge on any atom is -0.327 e. The van der Waals surface area contributed by atoms with Crippen molar-refractivity contribution in [2.75, 3.05) is 11.9 Å². The Kier molecular flexibility index (Phi) is 4.42. The predicted octanol–water partition coefficient (Wildman–Crippen LogP) is 3.24. The van der Waals surface area contributed by atoms with Crippen LogP contribution >= 0.6 is 0 Å². The number of benzene rings is 2. The maximum Gasteiger partial charge on any atom is 0.254 e. The van der Waals surface area contributed by atoms with Gasteiger partial charge in [0, 0.05) is 17.8 Å². The normalized spacial score (nSPS) is 17.1. The van der Waals surface area contributed by atoms with E-state index in [2.05, 4.69) is 5.32 Å². The summed E-state index contributed by atoms with van der Waals surface area (Å²) in [5.41, 5.74) is 2.50. The van der Waals surface area contributed by atoms with Crippen LogP contribution in [0.5, 0.6) is 0 Å². The summed E-state index contributed by atoms with van der Waals surface area (Å²) in [6.07, 6.45) is 1.56. The van der Waals surface area contributed by atoms with Crippen LogP contribution in [0, 0.1) is 6.92 Å². The molecule has 0 radical (unpaired) electrons. The zero-order valence-corrected chi connectivity index (χ0v) is 13.2. The molecule has 3 rings (SSSR count). The minimum absolute atomic E-state index is 0.0734. The summed E-state index contributed by atoms with van der Waals surface area (Å²) in [7, 11) is 0. The Morgan fingerprint density at radius 2 is 1.74 bits per heavy atom. The van der Waals surface area contributed by atoms with Gasteiger partial charge < -0.3 is 10.2 Å². The zero-order valence-electron chi connectivity index (χ0n) is 13.2. The summed E-state index contributed by atoms with van der Waals surface area (Å²) in [5, 5.41) is 2.90. The molecule has 2 aromatic rings. The highest BCUT2D eigenvalue weighted by Crippen LogP contribution is 2.22. The molecule has 1 atom stereocenters. The van der Waals surface area contributed by atoms with Crippen molar-refractivity contribution in [1.82, 2.24) is 4.90 Å². The van der Waals surface area contributed by atoms with Crippen LogP contribution < -0.4 is 5.32 Å². The number of carbonyl (C=O) groups is 2. The first-order chi connectivity index (χ1) is 11.1. The van der Waals surface area contributed by atoms with Gasteiger partial charge in [-0.15, -0.1) is 0 Å². The third-order valence-electron chi connectivity index (χ3n) is 4.16. The fourth-order valence-corrected chi connectivity index (χ4v) is 2.89. The molecule has 1 fully saturated rings. The lowest BCUT2D eigenvalue weighted by atomic mass is 10.1. The number of aryl methyl sites for hydroxylation is 1. The van der Waals surface area contributed by atoms with Crippen LogP contribution in [0.4, 0.5) is 5.69 Å². The molecule has 0 unspecified atom stereocenters. The molecule has 1 N–H and O–H groups in total. The zero-order chi connectivity index (χ0) is 16.2. The van der Waals surface area contributed by atoms with Crippen LogP contribution in [0.15, 0.2) is 54.6 Å². The summed E-state index contributed by atoms with van der Waals surface area (Å²) in [6, 6.07) is 16.4. The highest BCUT2D eigenvalue weighted by atomic mass is 16.2. The second kappa shape index (κ2) is 6.65. The molecule has 0 aliphatic carbocycles. The van der Waals surface area contributed by atoms with Gasteiger partial charge in [-0.2, -0.15) is 0 Å². The first-order valence-corrected chi connectivity index (χ1v) is 7.89. The van der Waals surface area contributed by atoms with Gasteiger partial charge in [0.2, 0.25) is 5.91 Å². The Morgan fingerprint density at radius 1 is 1.04 bits per heavy atom. The number of para-hydroxylation sites is 1. The number of rotatable bonds is 3. The molecule has 4 heteroatoms. The lowest BCUT2D eigenvalue weighted by Gasteiger charge is -2.24. The lowest BCUT2D eigenvalue weighted by molar-refractivity contribution is -0.119. The van der Waals surface area contributed by atoms with Crippen molar-refractivity contribution >= 4 is 17.5 Å². The molecule has 2 aromatic carbocycles. The summed E-state index contributed by atoms with van der Waals surface area (Å²) < 4.78 is 0. The molecule has 0 bridgehead atoms. The molecule has 0 saturated carbocycles. The highest BCUT2D eigenvalue weighted by Gasteiger charge is 2.34. The van der Waals surface area contributed by atoms with Crippen molar-refractivity contribution in [2.45, 2.75) is 25.8 Å². The molecule has 0 aromatic heterocycles. The van der Waals surface area contributed by atoms with Crippen molar-refractivity contribution in [3.8, 4) is 0 Å². The van der Waals surface area contributed by atoms with Gasteiger partial charge in [-0.25, -0.2) is 0 Å². The van der Waals surface area contributed by atoms with E-state index >= 15 is 0 Å². The van der Waals surface area contributed by atoms with E-state index in [0.29, 0.717) is 18.5 Å². The van der Waals surface area contributed by atoms with Crippen LogP contribution in [0.3, 0.4) is 0 Å². The van der Waals surface area contributed by atoms with Crippen LogP contribution in [0.1, 0.15) is 28.8 Å². The average Bonchev–Trinajstić information content (AvgIpc) is 3.05. The predicted molar refractivity (Wildman–Crippen MR) is 90.3 cm³/mol. The van der Waals surface area contributed by atoms with E-state index in [4.69, 9.17) is 0 Å². The Balaban J connectivity index is 1.73. The topological polar surface area (TPSA) is 49.4 Å². The van der Waals surface area contributed by atoms with Crippen LogP contribution in [0.25, 0.3) is 0 Å². The van der Waals surface area contributed by atoms with Gasteiger partial charge in [0.05, 0.1) is 0 Å². The first kappa shape index (κ1) is 15.3. The SMILES string of the molecule is Cc1ccc(C(=O)N2CCC[C@H]2C(=O)Nc2ccccc2)cc1. The largest absolute Gasteiger partial charge is 0.327 e. The van der Waals surface area contributed by atoms with Crippen LogP contribution in [0.2, 0.25) is 0 Å². The van der Waals surface area contributed by atoms with Gasteiger partial charge in [0.15, 0.2) is 0 Å². The smallest absolute Gasteiger partial charge is 0.254 e. The Morgan fingerprint density at radius 3 is 2.43 bits per heavy atom. The van der Waals surface area contributed by atoms with Crippen LogP contribution in [-0.2, 0) is 4.79 Å². The van der Waals surface area contributed by atoms with Gasteiger partial charge in [0.25, 0.3) is 5.91 Å². The maximum absolute atomic E-state index is 12.7. The average molecular weight is 308 g/mol. The van der Waals surface area contributed by atoms with Crippen molar-refractivity contribution in [3.05, 3.63) is 65.7 Å². The van der Waals surface area contributed by atoms with Crippen molar-refractivity contribution in [1.29, 1.82) is 0 Å². The van der Waals surface area contributed by atoms with Gasteiger partial charge in [-0.1, -0.05) is 35.9 Å². The monoisotopic (exact) mass is 308 g/mol. The van der Waals surface area contributed by atoms with Crippen molar-refractivity contribution in [2.24, 2.45) is 0 Å². The third-order valence-corrected chi connectivity index (χ3v) is 4.16. The van der Waals surface area contributed by atoms with E-state index in [9.17, 15) is 9.59 Å². The standard InChI is InChI=1S/C19H20N2O2/c1-14-9-11-15(12-10-14)19(23)21-13-5-8-17(21)18(22)20-16-6-3-2-4-7-16/h2-4,6-7,9-12,17H,5,8,13H2,1H3,(H,20,22)/t17-/m0/s1. The second-order valence-corrected chi connectivity index (χ2v) is 5.88. The summed E-state index contributed by atoms with van der Waals surface area (Å²) in [5.74, 6) is -0.190. The molecule has 1 heterocycles. The molecule has 2 amide bonds. The minimum atomic E-state index is -0.399. The number of carbonyl (C=O) groups excluding carboxylic acids is 2. The van der Waals surface area contributed by atoms with E-state index in [1.807, 2.05) is 61.5 Å². The van der Waals surface area contributed by atoms with E-state index < -0.39 is 6.04 Å². The Hall–Kier alpha value is -2.62. The molecule has 23 heavy (non-hydrogen) atoms. The third kappa shape index (κ3) is 3.42. The molecule has 1 aliphatic heterocycles. The molecular weight excluding hydrogens is 288 g/mol. The fraction of sp³-hybridized carbons (Fsp3) is 0.263.